The highest BCUT2D eigenvalue weighted by atomic mass is 19.4. The van der Waals surface area contributed by atoms with Gasteiger partial charge in [-0.1, -0.05) is 6.58 Å². The van der Waals surface area contributed by atoms with Gasteiger partial charge in [0.2, 0.25) is 0 Å². The van der Waals surface area contributed by atoms with Gasteiger partial charge in [-0.3, -0.25) is 4.98 Å². The van der Waals surface area contributed by atoms with Gasteiger partial charge in [0.1, 0.15) is 0 Å². The van der Waals surface area contributed by atoms with Crippen LogP contribution in [-0.4, -0.2) is 11.5 Å². The van der Waals surface area contributed by atoms with E-state index >= 15 is 0 Å². The number of hydrogen-bond acceptors (Lipinski definition) is 2. The van der Waals surface area contributed by atoms with Crippen LogP contribution in [0.1, 0.15) is 17.5 Å². The van der Waals surface area contributed by atoms with Crippen molar-refractivity contribution in [2.45, 2.75) is 12.6 Å². The highest BCUT2D eigenvalue weighted by Crippen LogP contribution is 2.34. The van der Waals surface area contributed by atoms with Crippen molar-refractivity contribution in [1.29, 1.82) is 0 Å². The maximum Gasteiger partial charge on any atom is 0.417 e. The molecule has 1 heterocycles. The van der Waals surface area contributed by atoms with E-state index in [9.17, 15) is 13.2 Å². The summed E-state index contributed by atoms with van der Waals surface area (Å²) in [6.45, 7) is 3.84. The van der Waals surface area contributed by atoms with Crippen LogP contribution >= 0.6 is 0 Å². The van der Waals surface area contributed by atoms with Crippen molar-refractivity contribution in [2.24, 2.45) is 5.73 Å². The van der Waals surface area contributed by atoms with Crippen molar-refractivity contribution >= 4 is 5.57 Å². The molecule has 0 fully saturated rings. The summed E-state index contributed by atoms with van der Waals surface area (Å²) >= 11 is 0. The summed E-state index contributed by atoms with van der Waals surface area (Å²) in [6, 6.07) is 0.941. The highest BCUT2D eigenvalue weighted by Gasteiger charge is 2.33. The van der Waals surface area contributed by atoms with Crippen LogP contribution in [0.2, 0.25) is 0 Å². The van der Waals surface area contributed by atoms with Gasteiger partial charge in [0, 0.05) is 18.0 Å². The fourth-order valence-corrected chi connectivity index (χ4v) is 1.23. The van der Waals surface area contributed by atoms with Crippen molar-refractivity contribution in [2.75, 3.05) is 6.54 Å². The molecular formula is C10H11F3N2. The molecule has 0 spiro atoms. The Kier molecular flexibility index (Phi) is 3.47. The summed E-state index contributed by atoms with van der Waals surface area (Å²) in [5, 5.41) is 0. The summed E-state index contributed by atoms with van der Waals surface area (Å²) in [5.74, 6) is 0. The maximum atomic E-state index is 12.5. The van der Waals surface area contributed by atoms with Gasteiger partial charge in [-0.2, -0.15) is 13.2 Å². The van der Waals surface area contributed by atoms with Gasteiger partial charge in [-0.15, -0.1) is 0 Å². The molecule has 0 saturated carbocycles. The molecule has 15 heavy (non-hydrogen) atoms. The number of hydrogen-bond donors (Lipinski definition) is 1. The molecule has 0 radical (unpaired) electrons. The predicted molar refractivity (Wildman–Crippen MR) is 51.9 cm³/mol. The van der Waals surface area contributed by atoms with Crippen LogP contribution in [0.15, 0.2) is 25.0 Å². The predicted octanol–water partition coefficient (Wildman–Crippen LogP) is 2.46. The molecule has 1 aromatic rings. The lowest BCUT2D eigenvalue weighted by Gasteiger charge is -2.13. The maximum absolute atomic E-state index is 12.5. The lowest BCUT2D eigenvalue weighted by Crippen LogP contribution is -2.10. The van der Waals surface area contributed by atoms with Gasteiger partial charge in [0.15, 0.2) is 0 Å². The Morgan fingerprint density at radius 1 is 1.47 bits per heavy atom. The van der Waals surface area contributed by atoms with Crippen molar-refractivity contribution in [3.05, 3.63) is 36.2 Å². The van der Waals surface area contributed by atoms with Gasteiger partial charge in [-0.05, 0) is 24.6 Å². The number of alkyl halides is 3. The van der Waals surface area contributed by atoms with Crippen LogP contribution in [0, 0.1) is 0 Å². The van der Waals surface area contributed by atoms with Gasteiger partial charge in [-0.25, -0.2) is 0 Å². The molecule has 0 atom stereocenters. The summed E-state index contributed by atoms with van der Waals surface area (Å²) in [5.41, 5.74) is 4.93. The van der Waals surface area contributed by atoms with Crippen LogP contribution in [-0.2, 0) is 6.18 Å². The quantitative estimate of drug-likeness (QED) is 0.842. The molecule has 1 rings (SSSR count). The number of nitrogens with zero attached hydrogens (tertiary/aromatic N) is 1. The second kappa shape index (κ2) is 4.44. The molecule has 82 valence electrons. The molecule has 2 N–H and O–H groups in total. The Labute approximate surface area is 85.6 Å². The number of halogens is 3. The average molecular weight is 216 g/mol. The van der Waals surface area contributed by atoms with Crippen LogP contribution in [0.3, 0.4) is 0 Å². The third-order valence-electron chi connectivity index (χ3n) is 1.95. The van der Waals surface area contributed by atoms with E-state index < -0.39 is 11.7 Å². The Bertz CT molecular complexity index is 358. The van der Waals surface area contributed by atoms with Gasteiger partial charge >= 0.3 is 6.18 Å². The Balaban J connectivity index is 3.12. The zero-order valence-corrected chi connectivity index (χ0v) is 8.01. The van der Waals surface area contributed by atoms with E-state index in [-0.39, 0.29) is 12.1 Å². The van der Waals surface area contributed by atoms with E-state index in [1.807, 2.05) is 0 Å². The van der Waals surface area contributed by atoms with Gasteiger partial charge < -0.3 is 5.73 Å². The molecule has 0 unspecified atom stereocenters. The van der Waals surface area contributed by atoms with Crippen molar-refractivity contribution in [1.82, 2.24) is 4.98 Å². The fourth-order valence-electron chi connectivity index (χ4n) is 1.23. The van der Waals surface area contributed by atoms with Crippen molar-refractivity contribution in [3.63, 3.8) is 0 Å². The zero-order chi connectivity index (χ0) is 11.5. The minimum Gasteiger partial charge on any atom is -0.330 e. The molecule has 0 aromatic carbocycles. The van der Waals surface area contributed by atoms with E-state index in [4.69, 9.17) is 5.73 Å². The Hall–Kier alpha value is -1.36. The van der Waals surface area contributed by atoms with E-state index in [1.54, 1.807) is 0 Å². The minimum atomic E-state index is -4.38. The average Bonchev–Trinajstić information content (AvgIpc) is 2.17. The molecule has 0 aliphatic carbocycles. The van der Waals surface area contributed by atoms with Crippen LogP contribution in [0.25, 0.3) is 5.57 Å². The van der Waals surface area contributed by atoms with Gasteiger partial charge in [0.25, 0.3) is 0 Å². The minimum absolute atomic E-state index is 0.0236. The Morgan fingerprint density at radius 3 is 2.67 bits per heavy atom. The smallest absolute Gasteiger partial charge is 0.330 e. The lowest BCUT2D eigenvalue weighted by molar-refractivity contribution is -0.137. The van der Waals surface area contributed by atoms with E-state index in [2.05, 4.69) is 11.6 Å². The molecule has 0 aliphatic heterocycles. The molecule has 5 heteroatoms. The normalized spacial score (nSPS) is 11.5. The summed E-state index contributed by atoms with van der Waals surface area (Å²) in [4.78, 5) is 3.66. The summed E-state index contributed by atoms with van der Waals surface area (Å²) in [7, 11) is 0. The third kappa shape index (κ3) is 2.79. The van der Waals surface area contributed by atoms with Gasteiger partial charge in [0.05, 0.1) is 5.56 Å². The number of rotatable bonds is 3. The van der Waals surface area contributed by atoms with Crippen molar-refractivity contribution in [3.8, 4) is 0 Å². The number of aromatic nitrogens is 1. The van der Waals surface area contributed by atoms with E-state index in [0.29, 0.717) is 12.0 Å². The first-order valence-electron chi connectivity index (χ1n) is 4.36. The third-order valence-corrected chi connectivity index (χ3v) is 1.95. The number of pyridine rings is 1. The lowest BCUT2D eigenvalue weighted by atomic mass is 10.0. The Morgan fingerprint density at radius 2 is 2.13 bits per heavy atom. The van der Waals surface area contributed by atoms with E-state index in [0.717, 1.165) is 12.3 Å². The fraction of sp³-hybridized carbons (Fsp3) is 0.300. The SMILES string of the molecule is C=C(CCN)c1cnccc1C(F)(F)F. The standard InChI is InChI=1S/C10H11F3N2/c1-7(2-4-14)8-6-15-5-3-9(8)10(11,12)13/h3,5-6H,1-2,4,14H2. The first-order valence-corrected chi connectivity index (χ1v) is 4.36. The van der Waals surface area contributed by atoms with Crippen LogP contribution in [0.5, 0.6) is 0 Å². The molecule has 0 aliphatic rings. The highest BCUT2D eigenvalue weighted by molar-refractivity contribution is 5.66. The summed E-state index contributed by atoms with van der Waals surface area (Å²) in [6.07, 6.45) is -1.77. The second-order valence-electron chi connectivity index (χ2n) is 3.06. The van der Waals surface area contributed by atoms with Crippen LogP contribution in [0.4, 0.5) is 13.2 Å². The topological polar surface area (TPSA) is 38.9 Å². The molecule has 0 saturated heterocycles. The second-order valence-corrected chi connectivity index (χ2v) is 3.06. The molecular weight excluding hydrogens is 205 g/mol. The first kappa shape index (κ1) is 11.7. The zero-order valence-electron chi connectivity index (χ0n) is 8.01. The summed E-state index contributed by atoms with van der Waals surface area (Å²) < 4.78 is 37.6. The number of nitrogens with two attached hydrogens (primary N) is 1. The molecule has 1 aromatic heterocycles. The molecule has 0 bridgehead atoms. The first-order chi connectivity index (χ1) is 6.96. The monoisotopic (exact) mass is 216 g/mol. The van der Waals surface area contributed by atoms with E-state index in [1.165, 1.54) is 6.20 Å². The van der Waals surface area contributed by atoms with Crippen molar-refractivity contribution < 1.29 is 13.2 Å². The molecule has 2 nitrogen and oxygen atoms in total. The largest absolute Gasteiger partial charge is 0.417 e. The van der Waals surface area contributed by atoms with Crippen LogP contribution < -0.4 is 5.73 Å². The molecule has 0 amide bonds.